The maximum Gasteiger partial charge on any atom is 0.216 e. The number of sulfonamides is 1. The fourth-order valence-electron chi connectivity index (χ4n) is 2.58. The third-order valence-corrected chi connectivity index (χ3v) is 5.02. The molecule has 20 heavy (non-hydrogen) atoms. The first-order valence-corrected chi connectivity index (χ1v) is 8.41. The van der Waals surface area contributed by atoms with E-state index in [1.807, 2.05) is 0 Å². The van der Waals surface area contributed by atoms with E-state index in [4.69, 9.17) is 9.84 Å². The summed E-state index contributed by atoms with van der Waals surface area (Å²) in [4.78, 5) is 0. The minimum Gasteiger partial charge on any atom is -0.392 e. The SMILES string of the molecule is COC1CCCC1NS(=O)(=O)Cc1ccc(CO)cc1. The molecule has 1 aliphatic carbocycles. The van der Waals surface area contributed by atoms with E-state index in [1.54, 1.807) is 31.4 Å². The molecule has 1 fully saturated rings. The molecule has 1 aliphatic rings. The Labute approximate surface area is 120 Å². The fourth-order valence-corrected chi connectivity index (χ4v) is 4.02. The van der Waals surface area contributed by atoms with Crippen molar-refractivity contribution in [3.8, 4) is 0 Å². The summed E-state index contributed by atoms with van der Waals surface area (Å²) >= 11 is 0. The highest BCUT2D eigenvalue weighted by Gasteiger charge is 2.30. The smallest absolute Gasteiger partial charge is 0.216 e. The molecule has 2 atom stereocenters. The van der Waals surface area contributed by atoms with Crippen LogP contribution >= 0.6 is 0 Å². The van der Waals surface area contributed by atoms with Crippen LogP contribution in [-0.2, 0) is 27.1 Å². The van der Waals surface area contributed by atoms with E-state index in [1.165, 1.54) is 0 Å². The predicted octanol–water partition coefficient (Wildman–Crippen LogP) is 1.17. The molecule has 6 heteroatoms. The van der Waals surface area contributed by atoms with Gasteiger partial charge in [-0.15, -0.1) is 0 Å². The van der Waals surface area contributed by atoms with Gasteiger partial charge in [0.15, 0.2) is 0 Å². The summed E-state index contributed by atoms with van der Waals surface area (Å²) in [6.07, 6.45) is 2.67. The van der Waals surface area contributed by atoms with Crippen LogP contribution in [0.15, 0.2) is 24.3 Å². The second-order valence-electron chi connectivity index (χ2n) is 5.16. The lowest BCUT2D eigenvalue weighted by molar-refractivity contribution is 0.0916. The Bertz CT molecular complexity index is 527. The summed E-state index contributed by atoms with van der Waals surface area (Å²) in [6, 6.07) is 6.80. The van der Waals surface area contributed by atoms with Crippen molar-refractivity contribution >= 4 is 10.0 Å². The van der Waals surface area contributed by atoms with Gasteiger partial charge >= 0.3 is 0 Å². The van der Waals surface area contributed by atoms with Crippen LogP contribution in [0.4, 0.5) is 0 Å². The highest BCUT2D eigenvalue weighted by atomic mass is 32.2. The van der Waals surface area contributed by atoms with E-state index in [9.17, 15) is 8.42 Å². The zero-order valence-corrected chi connectivity index (χ0v) is 12.4. The Kier molecular flexibility index (Phi) is 5.15. The molecule has 0 heterocycles. The van der Waals surface area contributed by atoms with Gasteiger partial charge in [0.05, 0.1) is 18.5 Å². The Balaban J connectivity index is 1.99. The maximum atomic E-state index is 12.2. The maximum absolute atomic E-state index is 12.2. The van der Waals surface area contributed by atoms with E-state index in [0.29, 0.717) is 5.56 Å². The van der Waals surface area contributed by atoms with Gasteiger partial charge in [0.25, 0.3) is 0 Å². The highest BCUT2D eigenvalue weighted by Crippen LogP contribution is 2.22. The van der Waals surface area contributed by atoms with Crippen LogP contribution in [-0.4, -0.2) is 32.8 Å². The molecule has 0 bridgehead atoms. The number of methoxy groups -OCH3 is 1. The van der Waals surface area contributed by atoms with E-state index in [2.05, 4.69) is 4.72 Å². The molecule has 2 rings (SSSR count). The molecule has 0 aromatic heterocycles. The minimum absolute atomic E-state index is 0.0264. The number of hydrogen-bond acceptors (Lipinski definition) is 4. The van der Waals surface area contributed by atoms with Crippen LogP contribution in [0, 0.1) is 0 Å². The first-order chi connectivity index (χ1) is 9.54. The Morgan fingerprint density at radius 1 is 1.25 bits per heavy atom. The molecular formula is C14H21NO4S. The summed E-state index contributed by atoms with van der Waals surface area (Å²) in [5.41, 5.74) is 1.48. The number of benzene rings is 1. The molecule has 0 aliphatic heterocycles. The quantitative estimate of drug-likeness (QED) is 0.826. The van der Waals surface area contributed by atoms with Gasteiger partial charge in [0.2, 0.25) is 10.0 Å². The van der Waals surface area contributed by atoms with Gasteiger partial charge in [-0.3, -0.25) is 0 Å². The van der Waals surface area contributed by atoms with Gasteiger partial charge in [0, 0.05) is 13.2 Å². The average molecular weight is 299 g/mol. The summed E-state index contributed by atoms with van der Waals surface area (Å²) < 4.78 is 32.3. The standard InChI is InChI=1S/C14H21NO4S/c1-19-14-4-2-3-13(14)15-20(17,18)10-12-7-5-11(9-16)6-8-12/h5-8,13-16H,2-4,9-10H2,1H3. The molecular weight excluding hydrogens is 278 g/mol. The van der Waals surface area contributed by atoms with E-state index < -0.39 is 10.0 Å². The topological polar surface area (TPSA) is 75.6 Å². The van der Waals surface area contributed by atoms with Crippen LogP contribution < -0.4 is 4.72 Å². The molecule has 112 valence electrons. The lowest BCUT2D eigenvalue weighted by Gasteiger charge is -2.19. The fraction of sp³-hybridized carbons (Fsp3) is 0.571. The zero-order chi connectivity index (χ0) is 14.6. The molecule has 1 saturated carbocycles. The van der Waals surface area contributed by atoms with Crippen LogP contribution in [0.5, 0.6) is 0 Å². The van der Waals surface area contributed by atoms with Crippen LogP contribution in [0.25, 0.3) is 0 Å². The second kappa shape index (κ2) is 6.67. The van der Waals surface area contributed by atoms with Crippen LogP contribution in [0.1, 0.15) is 30.4 Å². The third-order valence-electron chi connectivity index (χ3n) is 3.65. The van der Waals surface area contributed by atoms with Crippen molar-refractivity contribution in [2.45, 2.75) is 43.8 Å². The normalized spacial score (nSPS) is 23.1. The summed E-state index contributed by atoms with van der Waals surface area (Å²) in [5, 5.41) is 8.96. The van der Waals surface area contributed by atoms with Gasteiger partial charge in [-0.25, -0.2) is 13.1 Å². The third kappa shape index (κ3) is 4.02. The van der Waals surface area contributed by atoms with Crippen molar-refractivity contribution in [2.75, 3.05) is 7.11 Å². The van der Waals surface area contributed by atoms with E-state index >= 15 is 0 Å². The average Bonchev–Trinajstić information content (AvgIpc) is 2.85. The van der Waals surface area contributed by atoms with E-state index in [-0.39, 0.29) is 24.5 Å². The second-order valence-corrected chi connectivity index (χ2v) is 6.92. The monoisotopic (exact) mass is 299 g/mol. The van der Waals surface area contributed by atoms with Crippen molar-refractivity contribution in [3.05, 3.63) is 35.4 Å². The Morgan fingerprint density at radius 2 is 1.90 bits per heavy atom. The Morgan fingerprint density at radius 3 is 2.50 bits per heavy atom. The predicted molar refractivity (Wildman–Crippen MR) is 76.6 cm³/mol. The van der Waals surface area contributed by atoms with E-state index in [0.717, 1.165) is 24.8 Å². The lowest BCUT2D eigenvalue weighted by Crippen LogP contribution is -2.41. The summed E-state index contributed by atoms with van der Waals surface area (Å²) in [5.74, 6) is -0.0500. The summed E-state index contributed by atoms with van der Waals surface area (Å²) in [6.45, 7) is -0.0388. The minimum atomic E-state index is -3.37. The van der Waals surface area contributed by atoms with Crippen molar-refractivity contribution in [2.24, 2.45) is 0 Å². The molecule has 0 amide bonds. The van der Waals surface area contributed by atoms with Crippen molar-refractivity contribution in [1.82, 2.24) is 4.72 Å². The molecule has 1 aromatic rings. The zero-order valence-electron chi connectivity index (χ0n) is 11.6. The number of aliphatic hydroxyl groups excluding tert-OH is 1. The molecule has 2 unspecified atom stereocenters. The molecule has 1 aromatic carbocycles. The van der Waals surface area contributed by atoms with Crippen LogP contribution in [0.3, 0.4) is 0 Å². The van der Waals surface area contributed by atoms with Crippen molar-refractivity contribution in [1.29, 1.82) is 0 Å². The first kappa shape index (κ1) is 15.4. The highest BCUT2D eigenvalue weighted by molar-refractivity contribution is 7.88. The summed E-state index contributed by atoms with van der Waals surface area (Å²) in [7, 11) is -1.76. The largest absolute Gasteiger partial charge is 0.392 e. The van der Waals surface area contributed by atoms with Gasteiger partial charge in [-0.2, -0.15) is 0 Å². The molecule has 0 radical (unpaired) electrons. The lowest BCUT2D eigenvalue weighted by atomic mass is 10.2. The van der Waals surface area contributed by atoms with Gasteiger partial charge < -0.3 is 9.84 Å². The number of hydrogen-bond donors (Lipinski definition) is 2. The first-order valence-electron chi connectivity index (χ1n) is 6.75. The van der Waals surface area contributed by atoms with Crippen molar-refractivity contribution < 1.29 is 18.3 Å². The Hall–Kier alpha value is -0.950. The molecule has 0 saturated heterocycles. The molecule has 2 N–H and O–H groups in total. The number of aliphatic hydroxyl groups is 1. The number of nitrogens with one attached hydrogen (secondary N) is 1. The number of ether oxygens (including phenoxy) is 1. The number of rotatable bonds is 6. The van der Waals surface area contributed by atoms with Gasteiger partial charge in [-0.1, -0.05) is 24.3 Å². The van der Waals surface area contributed by atoms with Crippen LogP contribution in [0.2, 0.25) is 0 Å². The molecule has 5 nitrogen and oxygen atoms in total. The van der Waals surface area contributed by atoms with Crippen molar-refractivity contribution in [3.63, 3.8) is 0 Å². The van der Waals surface area contributed by atoms with Gasteiger partial charge in [-0.05, 0) is 30.4 Å². The molecule has 0 spiro atoms. The van der Waals surface area contributed by atoms with Gasteiger partial charge in [0.1, 0.15) is 0 Å².